The number of amides is 1. The molecule has 0 aromatic heterocycles. The van der Waals surface area contributed by atoms with Crippen LogP contribution in [0.1, 0.15) is 13.8 Å². The Kier molecular flexibility index (Phi) is 4.64. The Hall–Kier alpha value is -0.750. The van der Waals surface area contributed by atoms with Crippen LogP contribution in [0.4, 0.5) is 0 Å². The molecule has 11 heavy (non-hydrogen) atoms. The standard InChI is InChI=1S/C7H11ClN2O/c1-5(3-9)4-10-7(11)6(2)8/h5-6H,4H2,1-2H3,(H,10,11). The minimum atomic E-state index is -0.527. The van der Waals surface area contributed by atoms with Crippen LogP contribution in [0.3, 0.4) is 0 Å². The van der Waals surface area contributed by atoms with Crippen molar-refractivity contribution in [2.45, 2.75) is 19.2 Å². The number of halogens is 1. The minimum absolute atomic E-state index is 0.158. The lowest BCUT2D eigenvalue weighted by atomic mass is 10.2. The van der Waals surface area contributed by atoms with E-state index in [-0.39, 0.29) is 11.8 Å². The topological polar surface area (TPSA) is 52.9 Å². The molecule has 0 aromatic carbocycles. The van der Waals surface area contributed by atoms with Gasteiger partial charge in [-0.1, -0.05) is 0 Å². The summed E-state index contributed by atoms with van der Waals surface area (Å²) in [4.78, 5) is 10.8. The highest BCUT2D eigenvalue weighted by atomic mass is 35.5. The quantitative estimate of drug-likeness (QED) is 0.647. The van der Waals surface area contributed by atoms with Gasteiger partial charge in [0.1, 0.15) is 5.38 Å². The van der Waals surface area contributed by atoms with Gasteiger partial charge in [0.2, 0.25) is 5.91 Å². The Balaban J connectivity index is 3.56. The molecule has 0 radical (unpaired) electrons. The third kappa shape index (κ3) is 4.63. The van der Waals surface area contributed by atoms with Crippen molar-refractivity contribution in [3.63, 3.8) is 0 Å². The van der Waals surface area contributed by atoms with E-state index < -0.39 is 5.38 Å². The van der Waals surface area contributed by atoms with E-state index in [0.29, 0.717) is 6.54 Å². The summed E-state index contributed by atoms with van der Waals surface area (Å²) in [6.45, 7) is 3.69. The Morgan fingerprint density at radius 1 is 1.73 bits per heavy atom. The summed E-state index contributed by atoms with van der Waals surface area (Å²) in [5, 5.41) is 10.4. The summed E-state index contributed by atoms with van der Waals surface area (Å²) >= 11 is 5.46. The first-order valence-electron chi connectivity index (χ1n) is 3.39. The summed E-state index contributed by atoms with van der Waals surface area (Å²) in [6, 6.07) is 2.00. The molecule has 62 valence electrons. The fraction of sp³-hybridized carbons (Fsp3) is 0.714. The van der Waals surface area contributed by atoms with E-state index in [0.717, 1.165) is 0 Å². The predicted molar refractivity (Wildman–Crippen MR) is 43.1 cm³/mol. The van der Waals surface area contributed by atoms with Crippen molar-refractivity contribution in [1.29, 1.82) is 5.26 Å². The average molecular weight is 175 g/mol. The lowest BCUT2D eigenvalue weighted by molar-refractivity contribution is -0.120. The molecule has 0 aliphatic heterocycles. The second kappa shape index (κ2) is 4.97. The molecular weight excluding hydrogens is 164 g/mol. The number of nitriles is 1. The molecule has 2 unspecified atom stereocenters. The van der Waals surface area contributed by atoms with Crippen LogP contribution in [0.15, 0.2) is 0 Å². The molecule has 0 aromatic rings. The highest BCUT2D eigenvalue weighted by molar-refractivity contribution is 6.30. The van der Waals surface area contributed by atoms with Gasteiger partial charge in [0, 0.05) is 6.54 Å². The first kappa shape index (κ1) is 10.2. The van der Waals surface area contributed by atoms with E-state index in [1.807, 2.05) is 6.07 Å². The molecule has 0 rings (SSSR count). The molecule has 3 nitrogen and oxygen atoms in total. The summed E-state index contributed by atoms with van der Waals surface area (Å²) in [5.74, 6) is -0.386. The number of nitrogens with zero attached hydrogens (tertiary/aromatic N) is 1. The second-order valence-corrected chi connectivity index (χ2v) is 3.05. The van der Waals surface area contributed by atoms with Crippen LogP contribution in [0.5, 0.6) is 0 Å². The number of alkyl halides is 1. The van der Waals surface area contributed by atoms with Gasteiger partial charge in [-0.15, -0.1) is 11.6 Å². The maximum absolute atomic E-state index is 10.8. The Morgan fingerprint density at radius 3 is 2.64 bits per heavy atom. The van der Waals surface area contributed by atoms with Crippen molar-refractivity contribution in [1.82, 2.24) is 5.32 Å². The van der Waals surface area contributed by atoms with E-state index in [4.69, 9.17) is 16.9 Å². The molecule has 2 atom stereocenters. The summed E-state index contributed by atoms with van der Waals surface area (Å²) < 4.78 is 0. The van der Waals surface area contributed by atoms with Crippen molar-refractivity contribution in [3.8, 4) is 6.07 Å². The third-order valence-electron chi connectivity index (χ3n) is 1.16. The van der Waals surface area contributed by atoms with Gasteiger partial charge in [0.15, 0.2) is 0 Å². The smallest absolute Gasteiger partial charge is 0.237 e. The molecule has 1 amide bonds. The van der Waals surface area contributed by atoms with Crippen molar-refractivity contribution in [3.05, 3.63) is 0 Å². The van der Waals surface area contributed by atoms with Crippen molar-refractivity contribution in [2.75, 3.05) is 6.54 Å². The Bertz CT molecular complexity index is 174. The molecule has 0 aliphatic rings. The fourth-order valence-corrected chi connectivity index (χ4v) is 0.517. The normalized spacial score (nSPS) is 14.7. The molecular formula is C7H11ClN2O. The zero-order valence-corrected chi connectivity index (χ0v) is 7.35. The molecule has 0 aliphatic carbocycles. The highest BCUT2D eigenvalue weighted by Crippen LogP contribution is 1.94. The van der Waals surface area contributed by atoms with Gasteiger partial charge in [0.05, 0.1) is 12.0 Å². The van der Waals surface area contributed by atoms with Crippen molar-refractivity contribution < 1.29 is 4.79 Å². The van der Waals surface area contributed by atoms with Gasteiger partial charge < -0.3 is 5.32 Å². The van der Waals surface area contributed by atoms with E-state index in [9.17, 15) is 4.79 Å². The summed E-state index contributed by atoms with van der Waals surface area (Å²) in [7, 11) is 0. The number of hydrogen-bond donors (Lipinski definition) is 1. The third-order valence-corrected chi connectivity index (χ3v) is 1.36. The van der Waals surface area contributed by atoms with Gasteiger partial charge in [-0.05, 0) is 13.8 Å². The van der Waals surface area contributed by atoms with Crippen LogP contribution in [0.2, 0.25) is 0 Å². The zero-order valence-electron chi connectivity index (χ0n) is 6.60. The van der Waals surface area contributed by atoms with Crippen molar-refractivity contribution >= 4 is 17.5 Å². The molecule has 4 heteroatoms. The fourth-order valence-electron chi connectivity index (χ4n) is 0.440. The average Bonchev–Trinajstić information content (AvgIpc) is 1.99. The van der Waals surface area contributed by atoms with Crippen LogP contribution in [-0.4, -0.2) is 17.8 Å². The molecule has 0 saturated carbocycles. The first-order chi connectivity index (χ1) is 5.07. The minimum Gasteiger partial charge on any atom is -0.354 e. The summed E-state index contributed by atoms with van der Waals surface area (Å²) in [5.41, 5.74) is 0. The van der Waals surface area contributed by atoms with Gasteiger partial charge >= 0.3 is 0 Å². The van der Waals surface area contributed by atoms with E-state index in [1.54, 1.807) is 13.8 Å². The highest BCUT2D eigenvalue weighted by Gasteiger charge is 2.09. The van der Waals surface area contributed by atoms with Crippen LogP contribution < -0.4 is 5.32 Å². The Labute approximate surface area is 71.3 Å². The van der Waals surface area contributed by atoms with E-state index >= 15 is 0 Å². The van der Waals surface area contributed by atoms with Gasteiger partial charge in [-0.25, -0.2) is 0 Å². The summed E-state index contributed by atoms with van der Waals surface area (Å²) in [6.07, 6.45) is 0. The maximum Gasteiger partial charge on any atom is 0.237 e. The van der Waals surface area contributed by atoms with Gasteiger partial charge in [0.25, 0.3) is 0 Å². The Morgan fingerprint density at radius 2 is 2.27 bits per heavy atom. The molecule has 0 bridgehead atoms. The van der Waals surface area contributed by atoms with E-state index in [1.165, 1.54) is 0 Å². The molecule has 0 saturated heterocycles. The van der Waals surface area contributed by atoms with Crippen LogP contribution >= 0.6 is 11.6 Å². The molecule has 1 N–H and O–H groups in total. The first-order valence-corrected chi connectivity index (χ1v) is 3.83. The SMILES string of the molecule is CC(C#N)CNC(=O)C(C)Cl. The number of nitrogens with one attached hydrogen (secondary N) is 1. The van der Waals surface area contributed by atoms with Crippen molar-refractivity contribution in [2.24, 2.45) is 5.92 Å². The number of rotatable bonds is 3. The van der Waals surface area contributed by atoms with Crippen LogP contribution in [0.25, 0.3) is 0 Å². The second-order valence-electron chi connectivity index (χ2n) is 2.39. The van der Waals surface area contributed by atoms with E-state index in [2.05, 4.69) is 5.32 Å². The monoisotopic (exact) mass is 174 g/mol. The predicted octanol–water partition coefficient (Wildman–Crippen LogP) is 0.890. The lowest BCUT2D eigenvalue weighted by Gasteiger charge is -2.06. The zero-order chi connectivity index (χ0) is 8.85. The maximum atomic E-state index is 10.8. The van der Waals surface area contributed by atoms with Gasteiger partial charge in [-0.3, -0.25) is 4.79 Å². The number of hydrogen-bond acceptors (Lipinski definition) is 2. The lowest BCUT2D eigenvalue weighted by Crippen LogP contribution is -2.32. The molecule has 0 fully saturated rings. The van der Waals surface area contributed by atoms with Crippen LogP contribution in [0, 0.1) is 17.2 Å². The number of carbonyl (C=O) groups excluding carboxylic acids is 1. The van der Waals surface area contributed by atoms with Crippen LogP contribution in [-0.2, 0) is 4.79 Å². The molecule has 0 spiro atoms. The molecule has 0 heterocycles. The largest absolute Gasteiger partial charge is 0.354 e. The number of carbonyl (C=O) groups is 1. The van der Waals surface area contributed by atoms with Gasteiger partial charge in [-0.2, -0.15) is 5.26 Å².